The number of rotatable bonds is 1. The fraction of sp³-hybridized carbons (Fsp3) is 0.250. The quantitative estimate of drug-likeness (QED) is 0.707. The van der Waals surface area contributed by atoms with Crippen LogP contribution < -0.4 is 15.8 Å². The first-order valence-corrected chi connectivity index (χ1v) is 4.15. The molecule has 1 aliphatic heterocycles. The van der Waals surface area contributed by atoms with Crippen molar-refractivity contribution in [3.05, 3.63) is 29.3 Å². The topological polar surface area (TPSA) is 29.4 Å². The van der Waals surface area contributed by atoms with Crippen molar-refractivity contribution in [1.29, 1.82) is 0 Å². The van der Waals surface area contributed by atoms with E-state index in [0.717, 1.165) is 17.4 Å². The van der Waals surface area contributed by atoms with E-state index in [1.165, 1.54) is 0 Å². The van der Waals surface area contributed by atoms with E-state index in [1.54, 1.807) is 0 Å². The van der Waals surface area contributed by atoms with Crippen molar-refractivity contribution in [2.45, 2.75) is 0 Å². The predicted molar refractivity (Wildman–Crippen MR) is 48.9 cm³/mol. The number of anilines is 1. The van der Waals surface area contributed by atoms with Crippen LogP contribution in [0.4, 0.5) is 5.69 Å². The SMILES string of the molecule is Clc1ccc(N2CNC[N]2)cc1. The molecule has 0 aliphatic carbocycles. The number of hydrogen-bond donors (Lipinski definition) is 1. The molecule has 1 N–H and O–H groups in total. The predicted octanol–water partition coefficient (Wildman–Crippen LogP) is 1.18. The van der Waals surface area contributed by atoms with Crippen LogP contribution in [0.1, 0.15) is 0 Å². The Morgan fingerprint density at radius 3 is 2.67 bits per heavy atom. The molecule has 1 aliphatic rings. The van der Waals surface area contributed by atoms with Crippen LogP contribution in [0.2, 0.25) is 5.02 Å². The third-order valence-electron chi connectivity index (χ3n) is 1.74. The summed E-state index contributed by atoms with van der Waals surface area (Å²) in [6.45, 7) is 1.48. The smallest absolute Gasteiger partial charge is 0.0868 e. The van der Waals surface area contributed by atoms with Gasteiger partial charge in [-0.15, -0.1) is 5.43 Å². The van der Waals surface area contributed by atoms with Gasteiger partial charge in [0.15, 0.2) is 0 Å². The average Bonchev–Trinajstić information content (AvgIpc) is 2.58. The van der Waals surface area contributed by atoms with Crippen molar-refractivity contribution in [3.8, 4) is 0 Å². The summed E-state index contributed by atoms with van der Waals surface area (Å²) in [7, 11) is 0. The summed E-state index contributed by atoms with van der Waals surface area (Å²) < 4.78 is 0. The minimum Gasteiger partial charge on any atom is -0.283 e. The molecule has 0 aromatic heterocycles. The Hall–Kier alpha value is -0.770. The van der Waals surface area contributed by atoms with Crippen LogP contribution in [0.25, 0.3) is 0 Å². The standard InChI is InChI=1S/C8H9ClN3/c9-7-1-3-8(4-2-7)12-6-10-5-11-12/h1-4,10H,5-6H2. The second-order valence-electron chi connectivity index (χ2n) is 2.58. The van der Waals surface area contributed by atoms with Gasteiger partial charge in [0.1, 0.15) is 0 Å². The van der Waals surface area contributed by atoms with Gasteiger partial charge in [0.2, 0.25) is 0 Å². The molecule has 0 saturated carbocycles. The van der Waals surface area contributed by atoms with Crippen molar-refractivity contribution >= 4 is 17.3 Å². The minimum absolute atomic E-state index is 0.697. The molecule has 63 valence electrons. The monoisotopic (exact) mass is 182 g/mol. The molecule has 1 aromatic rings. The van der Waals surface area contributed by atoms with Crippen LogP contribution >= 0.6 is 11.6 Å². The fourth-order valence-electron chi connectivity index (χ4n) is 1.13. The second-order valence-corrected chi connectivity index (χ2v) is 3.02. The average molecular weight is 183 g/mol. The molecule has 4 heteroatoms. The highest BCUT2D eigenvalue weighted by Crippen LogP contribution is 2.17. The van der Waals surface area contributed by atoms with Gasteiger partial charge >= 0.3 is 0 Å². The molecule has 0 unspecified atom stereocenters. The van der Waals surface area contributed by atoms with Crippen LogP contribution in [0, 0.1) is 0 Å². The summed E-state index contributed by atoms with van der Waals surface area (Å²) in [4.78, 5) is 0. The maximum atomic E-state index is 5.75. The van der Waals surface area contributed by atoms with Gasteiger partial charge in [-0.1, -0.05) is 11.6 Å². The molecular weight excluding hydrogens is 174 g/mol. The van der Waals surface area contributed by atoms with E-state index in [0.29, 0.717) is 6.67 Å². The fourth-order valence-corrected chi connectivity index (χ4v) is 1.25. The summed E-state index contributed by atoms with van der Waals surface area (Å²) in [5.74, 6) is 0. The van der Waals surface area contributed by atoms with Gasteiger partial charge in [-0.25, -0.2) is 0 Å². The van der Waals surface area contributed by atoms with E-state index in [1.807, 2.05) is 29.3 Å². The highest BCUT2D eigenvalue weighted by atomic mass is 35.5. The normalized spacial score (nSPS) is 16.9. The molecule has 0 bridgehead atoms. The molecule has 2 rings (SSSR count). The lowest BCUT2D eigenvalue weighted by atomic mass is 10.3. The highest BCUT2D eigenvalue weighted by molar-refractivity contribution is 6.30. The summed E-state index contributed by atoms with van der Waals surface area (Å²) in [6.07, 6.45) is 0. The van der Waals surface area contributed by atoms with Crippen molar-refractivity contribution in [1.82, 2.24) is 10.7 Å². The van der Waals surface area contributed by atoms with E-state index in [9.17, 15) is 0 Å². The summed E-state index contributed by atoms with van der Waals surface area (Å²) in [6, 6.07) is 7.65. The van der Waals surface area contributed by atoms with Gasteiger partial charge in [-0.3, -0.25) is 10.3 Å². The van der Waals surface area contributed by atoms with E-state index < -0.39 is 0 Å². The van der Waals surface area contributed by atoms with Gasteiger partial charge in [-0.2, -0.15) is 0 Å². The van der Waals surface area contributed by atoms with Crippen LogP contribution in [0.5, 0.6) is 0 Å². The number of nitrogens with zero attached hydrogens (tertiary/aromatic N) is 2. The zero-order valence-electron chi connectivity index (χ0n) is 6.50. The first-order valence-electron chi connectivity index (χ1n) is 3.77. The Balaban J connectivity index is 2.17. The Labute approximate surface area is 76.3 Å². The number of halogens is 1. The van der Waals surface area contributed by atoms with Crippen LogP contribution in [0.3, 0.4) is 0 Å². The van der Waals surface area contributed by atoms with Gasteiger partial charge in [0.25, 0.3) is 0 Å². The number of hydrogen-bond acceptors (Lipinski definition) is 2. The zero-order valence-corrected chi connectivity index (χ0v) is 7.25. The summed E-state index contributed by atoms with van der Waals surface area (Å²) in [5.41, 5.74) is 5.29. The molecule has 1 saturated heterocycles. The first-order chi connectivity index (χ1) is 5.86. The van der Waals surface area contributed by atoms with Crippen molar-refractivity contribution in [2.75, 3.05) is 18.3 Å². The third-order valence-corrected chi connectivity index (χ3v) is 1.99. The summed E-state index contributed by atoms with van der Waals surface area (Å²) in [5, 5.41) is 5.78. The maximum absolute atomic E-state index is 5.75. The van der Waals surface area contributed by atoms with Crippen molar-refractivity contribution in [3.63, 3.8) is 0 Å². The van der Waals surface area contributed by atoms with Gasteiger partial charge in [-0.05, 0) is 24.3 Å². The number of nitrogens with one attached hydrogen (secondary N) is 1. The molecule has 1 heterocycles. The molecule has 0 amide bonds. The Bertz CT molecular complexity index is 254. The van der Waals surface area contributed by atoms with Crippen molar-refractivity contribution in [2.24, 2.45) is 0 Å². The van der Waals surface area contributed by atoms with E-state index >= 15 is 0 Å². The molecule has 1 radical (unpaired) electrons. The van der Waals surface area contributed by atoms with E-state index in [-0.39, 0.29) is 0 Å². The molecule has 1 fully saturated rings. The highest BCUT2D eigenvalue weighted by Gasteiger charge is 2.11. The van der Waals surface area contributed by atoms with Crippen LogP contribution in [-0.2, 0) is 0 Å². The van der Waals surface area contributed by atoms with Crippen LogP contribution in [0.15, 0.2) is 24.3 Å². The second kappa shape index (κ2) is 3.31. The minimum atomic E-state index is 0.697. The van der Waals surface area contributed by atoms with E-state index in [2.05, 4.69) is 10.7 Å². The Morgan fingerprint density at radius 1 is 1.33 bits per heavy atom. The zero-order chi connectivity index (χ0) is 8.39. The van der Waals surface area contributed by atoms with Gasteiger partial charge < -0.3 is 0 Å². The third kappa shape index (κ3) is 1.53. The molecule has 0 spiro atoms. The van der Waals surface area contributed by atoms with Gasteiger partial charge in [0.05, 0.1) is 19.0 Å². The number of benzene rings is 1. The lowest BCUT2D eigenvalue weighted by Gasteiger charge is -2.13. The molecule has 1 aromatic carbocycles. The lowest BCUT2D eigenvalue weighted by molar-refractivity contribution is 0.760. The molecule has 3 nitrogen and oxygen atoms in total. The Morgan fingerprint density at radius 2 is 2.08 bits per heavy atom. The molecule has 12 heavy (non-hydrogen) atoms. The maximum Gasteiger partial charge on any atom is 0.0868 e. The van der Waals surface area contributed by atoms with Crippen molar-refractivity contribution < 1.29 is 0 Å². The van der Waals surface area contributed by atoms with Gasteiger partial charge in [0, 0.05) is 5.02 Å². The first kappa shape index (κ1) is 7.86. The summed E-state index contributed by atoms with van der Waals surface area (Å²) >= 11 is 5.75. The molecular formula is C8H9ClN3. The van der Waals surface area contributed by atoms with E-state index in [4.69, 9.17) is 11.6 Å². The van der Waals surface area contributed by atoms with Crippen LogP contribution in [-0.4, -0.2) is 13.3 Å². The largest absolute Gasteiger partial charge is 0.283 e. The Kier molecular flexibility index (Phi) is 2.17. The lowest BCUT2D eigenvalue weighted by Crippen LogP contribution is -2.24. The molecule has 0 atom stereocenters.